The number of methoxy groups -OCH3 is 2. The molecule has 0 atom stereocenters. The zero-order chi connectivity index (χ0) is 26.5. The van der Waals surface area contributed by atoms with E-state index in [0.717, 1.165) is 15.6 Å². The molecule has 0 N–H and O–H groups in total. The van der Waals surface area contributed by atoms with Gasteiger partial charge in [-0.1, -0.05) is 35.9 Å². The van der Waals surface area contributed by atoms with Gasteiger partial charge in [0.05, 0.1) is 24.4 Å². The minimum Gasteiger partial charge on any atom is -0.497 e. The number of hydrogen-bond donors (Lipinski definition) is 0. The highest BCUT2D eigenvalue weighted by Crippen LogP contribution is 2.32. The number of halogens is 1. The molecule has 0 saturated carbocycles. The number of nitrogens with zero attached hydrogens (tertiary/aromatic N) is 2. The molecule has 9 heteroatoms. The maximum atomic E-state index is 13.5. The standard InChI is InChI=1S/C28H25BrN2O5S/c1-18-4-6-19(7-5-18)17-36-25-13-8-20(14-23(25)29)15-24-27(33)31(21-9-11-22(34-2)12-10-21)28(37)30(24)16-26(32)35-3/h4-15H,16-17H2,1-3H3/b24-15-. The molecule has 1 aliphatic rings. The van der Waals surface area contributed by atoms with Crippen LogP contribution in [-0.2, 0) is 20.9 Å². The molecule has 1 fully saturated rings. The van der Waals surface area contributed by atoms with E-state index in [1.54, 1.807) is 37.5 Å². The first kappa shape index (κ1) is 26.4. The third kappa shape index (κ3) is 6.00. The van der Waals surface area contributed by atoms with E-state index in [1.807, 2.05) is 49.4 Å². The van der Waals surface area contributed by atoms with Crippen molar-refractivity contribution in [2.24, 2.45) is 0 Å². The number of rotatable bonds is 8. The van der Waals surface area contributed by atoms with Gasteiger partial charge in [-0.05, 0) is 88.7 Å². The Morgan fingerprint density at radius 2 is 1.73 bits per heavy atom. The zero-order valence-electron chi connectivity index (χ0n) is 20.6. The number of benzene rings is 3. The molecule has 0 bridgehead atoms. The van der Waals surface area contributed by atoms with Gasteiger partial charge in [-0.25, -0.2) is 0 Å². The van der Waals surface area contributed by atoms with Crippen molar-refractivity contribution in [2.75, 3.05) is 25.7 Å². The lowest BCUT2D eigenvalue weighted by molar-refractivity contribution is -0.140. The summed E-state index contributed by atoms with van der Waals surface area (Å²) in [5.41, 5.74) is 3.80. The predicted molar refractivity (Wildman–Crippen MR) is 149 cm³/mol. The molecule has 0 aliphatic carbocycles. The van der Waals surface area contributed by atoms with Crippen LogP contribution in [-0.4, -0.2) is 42.7 Å². The van der Waals surface area contributed by atoms with Gasteiger partial charge in [0.1, 0.15) is 30.3 Å². The number of esters is 1. The van der Waals surface area contributed by atoms with E-state index < -0.39 is 5.97 Å². The van der Waals surface area contributed by atoms with Crippen LogP contribution < -0.4 is 14.4 Å². The Morgan fingerprint density at radius 3 is 2.35 bits per heavy atom. The van der Waals surface area contributed by atoms with E-state index in [9.17, 15) is 9.59 Å². The van der Waals surface area contributed by atoms with E-state index >= 15 is 0 Å². The molecule has 1 amide bonds. The number of hydrogen-bond acceptors (Lipinski definition) is 6. The monoisotopic (exact) mass is 580 g/mol. The zero-order valence-corrected chi connectivity index (χ0v) is 23.0. The average Bonchev–Trinajstić information content (AvgIpc) is 3.13. The van der Waals surface area contributed by atoms with Gasteiger partial charge in [0.2, 0.25) is 0 Å². The summed E-state index contributed by atoms with van der Waals surface area (Å²) in [7, 11) is 2.86. The maximum Gasteiger partial charge on any atom is 0.325 e. The molecule has 190 valence electrons. The van der Waals surface area contributed by atoms with Crippen molar-refractivity contribution in [3.63, 3.8) is 0 Å². The van der Waals surface area contributed by atoms with Crippen molar-refractivity contribution in [1.29, 1.82) is 0 Å². The van der Waals surface area contributed by atoms with Crippen molar-refractivity contribution in [3.05, 3.63) is 93.6 Å². The summed E-state index contributed by atoms with van der Waals surface area (Å²) in [6, 6.07) is 20.6. The van der Waals surface area contributed by atoms with Crippen molar-refractivity contribution in [1.82, 2.24) is 4.90 Å². The Bertz CT molecular complexity index is 1360. The van der Waals surface area contributed by atoms with Crippen LogP contribution >= 0.6 is 28.1 Å². The first-order valence-electron chi connectivity index (χ1n) is 11.4. The van der Waals surface area contributed by atoms with Crippen LogP contribution in [0.25, 0.3) is 6.08 Å². The fourth-order valence-electron chi connectivity index (χ4n) is 3.71. The fourth-order valence-corrected chi connectivity index (χ4v) is 4.58. The smallest absolute Gasteiger partial charge is 0.325 e. The first-order chi connectivity index (χ1) is 17.8. The number of thiocarbonyl (C=S) groups is 1. The SMILES string of the molecule is COC(=O)CN1C(=S)N(c2ccc(OC)cc2)C(=O)/C1=C/c1ccc(OCc2ccc(C)cc2)c(Br)c1. The van der Waals surface area contributed by atoms with E-state index in [4.69, 9.17) is 26.4 Å². The summed E-state index contributed by atoms with van der Waals surface area (Å²) in [6.07, 6.45) is 1.69. The summed E-state index contributed by atoms with van der Waals surface area (Å²) in [5, 5.41) is 0.184. The van der Waals surface area contributed by atoms with Gasteiger partial charge in [-0.2, -0.15) is 0 Å². The molecule has 3 aromatic carbocycles. The summed E-state index contributed by atoms with van der Waals surface area (Å²) in [4.78, 5) is 28.5. The summed E-state index contributed by atoms with van der Waals surface area (Å²) in [5.74, 6) is 0.453. The van der Waals surface area contributed by atoms with Gasteiger partial charge in [0, 0.05) is 0 Å². The van der Waals surface area contributed by atoms with Crippen LogP contribution in [0.4, 0.5) is 5.69 Å². The van der Waals surface area contributed by atoms with E-state index in [2.05, 4.69) is 15.9 Å². The minimum atomic E-state index is -0.515. The molecule has 1 saturated heterocycles. The molecule has 3 aromatic rings. The van der Waals surface area contributed by atoms with E-state index in [0.29, 0.717) is 23.8 Å². The number of carbonyl (C=O) groups excluding carboxylic acids is 2. The van der Waals surface area contributed by atoms with Crippen molar-refractivity contribution < 1.29 is 23.8 Å². The van der Waals surface area contributed by atoms with E-state index in [1.165, 1.54) is 22.5 Å². The second-order valence-corrected chi connectivity index (χ2v) is 9.50. The van der Waals surface area contributed by atoms with Crippen molar-refractivity contribution in [2.45, 2.75) is 13.5 Å². The highest BCUT2D eigenvalue weighted by atomic mass is 79.9. The van der Waals surface area contributed by atoms with Crippen molar-refractivity contribution in [3.8, 4) is 11.5 Å². The third-order valence-corrected chi connectivity index (χ3v) is 6.78. The molecule has 0 radical (unpaired) electrons. The number of aryl methyl sites for hydroxylation is 1. The Morgan fingerprint density at radius 1 is 1.03 bits per heavy atom. The molecule has 7 nitrogen and oxygen atoms in total. The highest BCUT2D eigenvalue weighted by Gasteiger charge is 2.40. The second kappa shape index (κ2) is 11.6. The van der Waals surface area contributed by atoms with Crippen LogP contribution in [0.3, 0.4) is 0 Å². The lowest BCUT2D eigenvalue weighted by atomic mass is 10.1. The Hall–Kier alpha value is -3.69. The van der Waals surface area contributed by atoms with Crippen LogP contribution in [0.15, 0.2) is 76.9 Å². The third-order valence-electron chi connectivity index (χ3n) is 5.75. The molecular weight excluding hydrogens is 556 g/mol. The van der Waals surface area contributed by atoms with Gasteiger partial charge in [-0.15, -0.1) is 0 Å². The van der Waals surface area contributed by atoms with Crippen LogP contribution in [0.5, 0.6) is 11.5 Å². The number of anilines is 1. The molecule has 0 spiro atoms. The Balaban J connectivity index is 1.60. The van der Waals surface area contributed by atoms with E-state index in [-0.39, 0.29) is 23.3 Å². The van der Waals surface area contributed by atoms with Crippen molar-refractivity contribution >= 4 is 56.9 Å². The lowest BCUT2D eigenvalue weighted by Gasteiger charge is -2.19. The van der Waals surface area contributed by atoms with Gasteiger partial charge in [0.15, 0.2) is 5.11 Å². The second-order valence-electron chi connectivity index (χ2n) is 8.28. The topological polar surface area (TPSA) is 68.3 Å². The number of amides is 1. The number of ether oxygens (including phenoxy) is 3. The summed E-state index contributed by atoms with van der Waals surface area (Å²) >= 11 is 9.16. The highest BCUT2D eigenvalue weighted by molar-refractivity contribution is 9.10. The normalized spacial score (nSPS) is 14.3. The molecular formula is C28H25BrN2O5S. The van der Waals surface area contributed by atoms with Crippen LogP contribution in [0.2, 0.25) is 0 Å². The molecule has 0 aromatic heterocycles. The predicted octanol–water partition coefficient (Wildman–Crippen LogP) is 5.49. The van der Waals surface area contributed by atoms with Crippen LogP contribution in [0.1, 0.15) is 16.7 Å². The first-order valence-corrected chi connectivity index (χ1v) is 12.6. The molecule has 1 heterocycles. The Kier molecular flexibility index (Phi) is 8.25. The van der Waals surface area contributed by atoms with Crippen LogP contribution in [0, 0.1) is 6.92 Å². The van der Waals surface area contributed by atoms with Gasteiger partial charge >= 0.3 is 5.97 Å². The van der Waals surface area contributed by atoms with Gasteiger partial charge < -0.3 is 19.1 Å². The van der Waals surface area contributed by atoms with Gasteiger partial charge in [0.25, 0.3) is 5.91 Å². The lowest BCUT2D eigenvalue weighted by Crippen LogP contribution is -2.35. The largest absolute Gasteiger partial charge is 0.497 e. The minimum absolute atomic E-state index is 0.184. The molecule has 4 rings (SSSR count). The number of carbonyl (C=O) groups is 2. The maximum absolute atomic E-state index is 13.5. The summed E-state index contributed by atoms with van der Waals surface area (Å²) < 4.78 is 16.7. The van der Waals surface area contributed by atoms with Gasteiger partial charge in [-0.3, -0.25) is 14.5 Å². The average molecular weight is 581 g/mol. The molecule has 1 aliphatic heterocycles. The summed E-state index contributed by atoms with van der Waals surface area (Å²) in [6.45, 7) is 2.27. The molecule has 0 unspecified atom stereocenters. The molecule has 37 heavy (non-hydrogen) atoms. The fraction of sp³-hybridized carbons (Fsp3) is 0.179. The Labute approximate surface area is 229 Å². The quantitative estimate of drug-likeness (QED) is 0.198.